The van der Waals surface area contributed by atoms with Crippen molar-refractivity contribution in [1.82, 2.24) is 4.98 Å². The Morgan fingerprint density at radius 3 is 2.50 bits per heavy atom. The summed E-state index contributed by atoms with van der Waals surface area (Å²) in [7, 11) is 1.84. The molecule has 14 heavy (non-hydrogen) atoms. The zero-order chi connectivity index (χ0) is 10.8. The van der Waals surface area contributed by atoms with E-state index >= 15 is 0 Å². The smallest absolute Gasteiger partial charge is 0.129 e. The zero-order valence-electron chi connectivity index (χ0n) is 9.05. The molecule has 0 aromatic carbocycles. The summed E-state index contributed by atoms with van der Waals surface area (Å²) in [4.78, 5) is 4.20. The molecule has 0 saturated heterocycles. The first-order valence-electron chi connectivity index (χ1n) is 4.57. The summed E-state index contributed by atoms with van der Waals surface area (Å²) in [5.41, 5.74) is 1.67. The molecule has 1 N–H and O–H groups in total. The average molecular weight is 189 g/mol. The molecule has 1 aromatic rings. The first-order valence-corrected chi connectivity index (χ1v) is 4.57. The van der Waals surface area contributed by atoms with Gasteiger partial charge in [0.15, 0.2) is 0 Å². The maximum Gasteiger partial charge on any atom is 0.129 e. The number of nitriles is 1. The molecular formula is C11H15N3. The highest BCUT2D eigenvalue weighted by Gasteiger charge is 2.18. The number of rotatable bonds is 1. The van der Waals surface area contributed by atoms with Crippen molar-refractivity contribution in [3.63, 3.8) is 0 Å². The van der Waals surface area contributed by atoms with E-state index in [9.17, 15) is 0 Å². The maximum atomic E-state index is 8.78. The van der Waals surface area contributed by atoms with Crippen molar-refractivity contribution in [3.8, 4) is 6.07 Å². The number of nitrogens with one attached hydrogen (secondary N) is 1. The van der Waals surface area contributed by atoms with Crippen molar-refractivity contribution < 1.29 is 0 Å². The molecule has 0 amide bonds. The van der Waals surface area contributed by atoms with Gasteiger partial charge in [0.1, 0.15) is 11.9 Å². The van der Waals surface area contributed by atoms with Gasteiger partial charge >= 0.3 is 0 Å². The van der Waals surface area contributed by atoms with Gasteiger partial charge in [0, 0.05) is 18.8 Å². The molecule has 0 aliphatic rings. The first-order chi connectivity index (χ1) is 6.49. The number of nitrogens with zero attached hydrogens (tertiary/aromatic N) is 2. The van der Waals surface area contributed by atoms with Gasteiger partial charge in [0.05, 0.1) is 5.56 Å². The van der Waals surface area contributed by atoms with E-state index in [0.717, 1.165) is 11.4 Å². The van der Waals surface area contributed by atoms with Crippen molar-refractivity contribution in [2.45, 2.75) is 26.2 Å². The normalized spacial score (nSPS) is 10.8. The largest absolute Gasteiger partial charge is 0.373 e. The van der Waals surface area contributed by atoms with Gasteiger partial charge in [0.25, 0.3) is 0 Å². The van der Waals surface area contributed by atoms with Gasteiger partial charge in [-0.05, 0) is 11.5 Å². The Balaban J connectivity index is 3.31. The molecule has 0 fully saturated rings. The molecule has 0 unspecified atom stereocenters. The minimum absolute atomic E-state index is 0.00178. The van der Waals surface area contributed by atoms with E-state index in [1.807, 2.05) is 13.1 Å². The van der Waals surface area contributed by atoms with Gasteiger partial charge < -0.3 is 5.32 Å². The molecule has 0 atom stereocenters. The van der Waals surface area contributed by atoms with Gasteiger partial charge in [0.2, 0.25) is 0 Å². The molecule has 3 heteroatoms. The molecule has 1 rings (SSSR count). The van der Waals surface area contributed by atoms with Crippen LogP contribution in [-0.2, 0) is 5.41 Å². The summed E-state index contributed by atoms with van der Waals surface area (Å²) < 4.78 is 0. The zero-order valence-corrected chi connectivity index (χ0v) is 9.05. The molecule has 0 radical (unpaired) electrons. The number of hydrogen-bond donors (Lipinski definition) is 1. The van der Waals surface area contributed by atoms with Crippen LogP contribution in [0.4, 0.5) is 5.82 Å². The van der Waals surface area contributed by atoms with Crippen LogP contribution in [0.5, 0.6) is 0 Å². The van der Waals surface area contributed by atoms with Crippen molar-refractivity contribution in [2.75, 3.05) is 12.4 Å². The Morgan fingerprint density at radius 2 is 2.07 bits per heavy atom. The number of pyridine rings is 1. The predicted molar refractivity (Wildman–Crippen MR) is 57.2 cm³/mol. The van der Waals surface area contributed by atoms with Crippen LogP contribution in [0.3, 0.4) is 0 Å². The Kier molecular flexibility index (Phi) is 2.76. The lowest BCUT2D eigenvalue weighted by Gasteiger charge is -2.21. The molecule has 1 heterocycles. The quantitative estimate of drug-likeness (QED) is 0.737. The van der Waals surface area contributed by atoms with Crippen LogP contribution in [0.15, 0.2) is 12.3 Å². The molecule has 0 spiro atoms. The molecule has 3 nitrogen and oxygen atoms in total. The summed E-state index contributed by atoms with van der Waals surface area (Å²) in [6, 6.07) is 3.99. The lowest BCUT2D eigenvalue weighted by Crippen LogP contribution is -2.15. The van der Waals surface area contributed by atoms with E-state index in [2.05, 4.69) is 37.1 Å². The highest BCUT2D eigenvalue weighted by Crippen LogP contribution is 2.28. The number of hydrogen-bond acceptors (Lipinski definition) is 3. The van der Waals surface area contributed by atoms with Crippen molar-refractivity contribution in [3.05, 3.63) is 23.4 Å². The van der Waals surface area contributed by atoms with Crippen LogP contribution in [0.1, 0.15) is 31.9 Å². The predicted octanol–water partition coefficient (Wildman–Crippen LogP) is 2.29. The molecule has 0 saturated carbocycles. The van der Waals surface area contributed by atoms with Crippen LogP contribution in [0.2, 0.25) is 0 Å². The standard InChI is InChI=1S/C11H15N3/c1-11(2,3)9-5-8(6-12)7-14-10(9)13-4/h5,7H,1-4H3,(H,13,14). The summed E-state index contributed by atoms with van der Waals surface area (Å²) in [5, 5.41) is 11.8. The Hall–Kier alpha value is -1.56. The van der Waals surface area contributed by atoms with Gasteiger partial charge in [-0.1, -0.05) is 20.8 Å². The molecular weight excluding hydrogens is 174 g/mol. The highest BCUT2D eigenvalue weighted by atomic mass is 15.0. The van der Waals surface area contributed by atoms with Crippen molar-refractivity contribution in [2.24, 2.45) is 0 Å². The fourth-order valence-corrected chi connectivity index (χ4v) is 1.30. The fraction of sp³-hybridized carbons (Fsp3) is 0.455. The van der Waals surface area contributed by atoms with Crippen molar-refractivity contribution >= 4 is 5.82 Å². The van der Waals surface area contributed by atoms with E-state index in [-0.39, 0.29) is 5.41 Å². The van der Waals surface area contributed by atoms with E-state index in [0.29, 0.717) is 5.56 Å². The molecule has 74 valence electrons. The second kappa shape index (κ2) is 3.67. The maximum absolute atomic E-state index is 8.78. The second-order valence-corrected chi connectivity index (χ2v) is 4.23. The lowest BCUT2D eigenvalue weighted by atomic mass is 9.86. The minimum atomic E-state index is -0.00178. The summed E-state index contributed by atoms with van der Waals surface area (Å²) in [5.74, 6) is 0.844. The van der Waals surface area contributed by atoms with Gasteiger partial charge in [-0.25, -0.2) is 4.98 Å². The third-order valence-corrected chi connectivity index (χ3v) is 2.06. The lowest BCUT2D eigenvalue weighted by molar-refractivity contribution is 0.589. The van der Waals surface area contributed by atoms with Crippen LogP contribution >= 0.6 is 0 Å². The minimum Gasteiger partial charge on any atom is -0.373 e. The fourth-order valence-electron chi connectivity index (χ4n) is 1.30. The van der Waals surface area contributed by atoms with Crippen LogP contribution < -0.4 is 5.32 Å². The first kappa shape index (κ1) is 10.5. The third-order valence-electron chi connectivity index (χ3n) is 2.06. The SMILES string of the molecule is CNc1ncc(C#N)cc1C(C)(C)C. The van der Waals surface area contributed by atoms with E-state index in [1.165, 1.54) is 0 Å². The molecule has 0 bridgehead atoms. The number of anilines is 1. The summed E-state index contributed by atoms with van der Waals surface area (Å²) in [6.07, 6.45) is 1.58. The van der Waals surface area contributed by atoms with Crippen LogP contribution in [0.25, 0.3) is 0 Å². The number of aromatic nitrogens is 1. The topological polar surface area (TPSA) is 48.7 Å². The second-order valence-electron chi connectivity index (χ2n) is 4.23. The van der Waals surface area contributed by atoms with E-state index < -0.39 is 0 Å². The summed E-state index contributed by atoms with van der Waals surface area (Å²) >= 11 is 0. The van der Waals surface area contributed by atoms with Gasteiger partial charge in [-0.15, -0.1) is 0 Å². The average Bonchev–Trinajstić information content (AvgIpc) is 2.15. The van der Waals surface area contributed by atoms with Crippen molar-refractivity contribution in [1.29, 1.82) is 5.26 Å². The highest BCUT2D eigenvalue weighted by molar-refractivity contribution is 5.50. The van der Waals surface area contributed by atoms with E-state index in [4.69, 9.17) is 5.26 Å². The van der Waals surface area contributed by atoms with Gasteiger partial charge in [-0.2, -0.15) is 5.26 Å². The third kappa shape index (κ3) is 2.02. The van der Waals surface area contributed by atoms with E-state index in [1.54, 1.807) is 6.20 Å². The molecule has 1 aromatic heterocycles. The molecule has 0 aliphatic heterocycles. The van der Waals surface area contributed by atoms with Crippen LogP contribution in [-0.4, -0.2) is 12.0 Å². The Labute approximate surface area is 84.8 Å². The molecule has 0 aliphatic carbocycles. The summed E-state index contributed by atoms with van der Waals surface area (Å²) in [6.45, 7) is 6.31. The monoisotopic (exact) mass is 189 g/mol. The van der Waals surface area contributed by atoms with Crippen LogP contribution in [0, 0.1) is 11.3 Å². The Morgan fingerprint density at radius 1 is 1.43 bits per heavy atom. The van der Waals surface area contributed by atoms with Gasteiger partial charge in [-0.3, -0.25) is 0 Å². The Bertz CT molecular complexity index is 369.